The summed E-state index contributed by atoms with van der Waals surface area (Å²) in [6, 6.07) is 9.06. The van der Waals surface area contributed by atoms with Crippen molar-refractivity contribution >= 4 is 23.1 Å². The second-order valence-corrected chi connectivity index (χ2v) is 7.51. The van der Waals surface area contributed by atoms with Gasteiger partial charge in [0.1, 0.15) is 12.1 Å². The topological polar surface area (TPSA) is 135 Å². The van der Waals surface area contributed by atoms with Gasteiger partial charge in [-0.25, -0.2) is 14.5 Å². The van der Waals surface area contributed by atoms with E-state index in [1.165, 1.54) is 13.4 Å². The van der Waals surface area contributed by atoms with Gasteiger partial charge in [-0.2, -0.15) is 10.2 Å². The number of nitrogens with one attached hydrogen (secondary N) is 3. The lowest BCUT2D eigenvalue weighted by atomic mass is 10.1. The molecular formula is C23H21N9O2. The molecule has 4 heterocycles. The van der Waals surface area contributed by atoms with Crippen molar-refractivity contribution in [3.8, 4) is 17.0 Å². The van der Waals surface area contributed by atoms with Crippen LogP contribution in [0.4, 0.5) is 11.5 Å². The number of hydrogen-bond donors (Lipinski definition) is 3. The Kier molecular flexibility index (Phi) is 5.56. The van der Waals surface area contributed by atoms with Gasteiger partial charge in [-0.1, -0.05) is 6.07 Å². The minimum atomic E-state index is -0.244. The Labute approximate surface area is 194 Å². The molecule has 5 rings (SSSR count). The number of rotatable bonds is 7. The Bertz CT molecular complexity index is 1440. The molecule has 0 aliphatic carbocycles. The van der Waals surface area contributed by atoms with Gasteiger partial charge in [-0.15, -0.1) is 0 Å². The largest absolute Gasteiger partial charge is 0.496 e. The molecule has 1 aromatic carbocycles. The SMILES string of the molecule is COc1cc(Nc2ncc(-c3cn[nH]c3)n3ncnc23)ccc1C(=O)NCc1ccc(C)nc1. The fraction of sp³-hybridized carbons (Fsp3) is 0.130. The van der Waals surface area contributed by atoms with E-state index in [1.54, 1.807) is 47.5 Å². The fourth-order valence-corrected chi connectivity index (χ4v) is 3.47. The Morgan fingerprint density at radius 2 is 2.03 bits per heavy atom. The maximum atomic E-state index is 12.8. The summed E-state index contributed by atoms with van der Waals surface area (Å²) in [5.74, 6) is 0.694. The Morgan fingerprint density at radius 1 is 1.12 bits per heavy atom. The highest BCUT2D eigenvalue weighted by atomic mass is 16.5. The quantitative estimate of drug-likeness (QED) is 0.341. The molecule has 3 N–H and O–H groups in total. The molecule has 5 aromatic rings. The zero-order valence-corrected chi connectivity index (χ0v) is 18.5. The Morgan fingerprint density at radius 3 is 2.79 bits per heavy atom. The average Bonchev–Trinajstić information content (AvgIpc) is 3.57. The third-order valence-electron chi connectivity index (χ3n) is 5.23. The molecule has 0 bridgehead atoms. The molecule has 0 saturated heterocycles. The lowest BCUT2D eigenvalue weighted by molar-refractivity contribution is 0.0948. The highest BCUT2D eigenvalue weighted by Crippen LogP contribution is 2.27. The Balaban J connectivity index is 1.36. The molecule has 0 spiro atoms. The van der Waals surface area contributed by atoms with Crippen LogP contribution in [0.5, 0.6) is 5.75 Å². The number of aromatic amines is 1. The van der Waals surface area contributed by atoms with Crippen molar-refractivity contribution in [2.24, 2.45) is 0 Å². The third-order valence-corrected chi connectivity index (χ3v) is 5.23. The van der Waals surface area contributed by atoms with Gasteiger partial charge in [0.05, 0.1) is 30.8 Å². The molecule has 11 heteroatoms. The normalized spacial score (nSPS) is 10.9. The molecule has 0 atom stereocenters. The molecule has 11 nitrogen and oxygen atoms in total. The maximum absolute atomic E-state index is 12.8. The molecule has 0 fully saturated rings. The van der Waals surface area contributed by atoms with Crippen molar-refractivity contribution in [3.63, 3.8) is 0 Å². The number of fused-ring (bicyclic) bond motifs is 1. The summed E-state index contributed by atoms with van der Waals surface area (Å²) in [5, 5.41) is 17.2. The number of pyridine rings is 1. The predicted molar refractivity (Wildman–Crippen MR) is 125 cm³/mol. The first-order valence-corrected chi connectivity index (χ1v) is 10.4. The van der Waals surface area contributed by atoms with E-state index in [0.717, 1.165) is 22.5 Å². The van der Waals surface area contributed by atoms with Crippen LogP contribution in [0.2, 0.25) is 0 Å². The molecule has 0 saturated carbocycles. The van der Waals surface area contributed by atoms with Gasteiger partial charge >= 0.3 is 0 Å². The van der Waals surface area contributed by atoms with Gasteiger partial charge < -0.3 is 15.4 Å². The number of hydrogen-bond acceptors (Lipinski definition) is 8. The van der Waals surface area contributed by atoms with E-state index >= 15 is 0 Å². The molecule has 0 radical (unpaired) electrons. The number of carbonyl (C=O) groups excluding carboxylic acids is 1. The number of aromatic nitrogens is 7. The monoisotopic (exact) mass is 455 g/mol. The van der Waals surface area contributed by atoms with E-state index in [9.17, 15) is 4.79 Å². The smallest absolute Gasteiger partial charge is 0.255 e. The summed E-state index contributed by atoms with van der Waals surface area (Å²) in [7, 11) is 1.52. The van der Waals surface area contributed by atoms with Crippen LogP contribution in [0.3, 0.4) is 0 Å². The van der Waals surface area contributed by atoms with Crippen LogP contribution in [-0.4, -0.2) is 47.8 Å². The van der Waals surface area contributed by atoms with E-state index in [0.29, 0.717) is 35.0 Å². The first-order chi connectivity index (χ1) is 16.6. The number of carbonyl (C=O) groups is 1. The van der Waals surface area contributed by atoms with Crippen LogP contribution in [-0.2, 0) is 6.54 Å². The van der Waals surface area contributed by atoms with E-state index in [4.69, 9.17) is 4.74 Å². The minimum Gasteiger partial charge on any atom is -0.496 e. The van der Waals surface area contributed by atoms with Gasteiger partial charge in [0.25, 0.3) is 5.91 Å². The van der Waals surface area contributed by atoms with Gasteiger partial charge in [0.15, 0.2) is 11.5 Å². The van der Waals surface area contributed by atoms with Crippen molar-refractivity contribution < 1.29 is 9.53 Å². The first-order valence-electron chi connectivity index (χ1n) is 10.4. The van der Waals surface area contributed by atoms with Gasteiger partial charge in [-0.05, 0) is 30.7 Å². The minimum absolute atomic E-state index is 0.244. The summed E-state index contributed by atoms with van der Waals surface area (Å²) < 4.78 is 7.16. The number of ether oxygens (including phenoxy) is 1. The van der Waals surface area contributed by atoms with Crippen molar-refractivity contribution in [2.75, 3.05) is 12.4 Å². The molecule has 0 aliphatic rings. The maximum Gasteiger partial charge on any atom is 0.255 e. The van der Waals surface area contributed by atoms with E-state index < -0.39 is 0 Å². The van der Waals surface area contributed by atoms with Gasteiger partial charge in [0, 0.05) is 41.9 Å². The number of methoxy groups -OCH3 is 1. The molecule has 0 aliphatic heterocycles. The number of amides is 1. The molecule has 34 heavy (non-hydrogen) atoms. The lowest BCUT2D eigenvalue weighted by Crippen LogP contribution is -2.23. The van der Waals surface area contributed by atoms with Crippen LogP contribution in [0.25, 0.3) is 16.9 Å². The second kappa shape index (κ2) is 8.98. The standard InChI is InChI=1S/C23H21N9O2/c1-14-3-4-15(8-24-14)9-26-23(33)18-6-5-17(7-20(18)34-2)31-21-22-27-13-30-32(22)19(12-25-21)16-10-28-29-11-16/h3-8,10-13H,9H2,1-2H3,(H,25,31)(H,26,33)(H,28,29). The molecular weight excluding hydrogens is 434 g/mol. The number of nitrogens with zero attached hydrogens (tertiary/aromatic N) is 6. The van der Waals surface area contributed by atoms with Crippen LogP contribution < -0.4 is 15.4 Å². The van der Waals surface area contributed by atoms with Crippen LogP contribution in [0, 0.1) is 6.92 Å². The summed E-state index contributed by atoms with van der Waals surface area (Å²) in [6.07, 6.45) is 8.34. The van der Waals surface area contributed by atoms with Gasteiger partial charge in [-0.3, -0.25) is 14.9 Å². The summed E-state index contributed by atoms with van der Waals surface area (Å²) in [6.45, 7) is 2.29. The fourth-order valence-electron chi connectivity index (χ4n) is 3.47. The zero-order valence-electron chi connectivity index (χ0n) is 18.5. The third kappa shape index (κ3) is 4.13. The Hall–Kier alpha value is -4.80. The number of anilines is 2. The van der Waals surface area contributed by atoms with E-state index in [1.807, 2.05) is 19.1 Å². The van der Waals surface area contributed by atoms with Crippen molar-refractivity contribution in [1.82, 2.24) is 40.1 Å². The highest BCUT2D eigenvalue weighted by Gasteiger charge is 2.16. The van der Waals surface area contributed by atoms with Crippen molar-refractivity contribution in [1.29, 1.82) is 0 Å². The van der Waals surface area contributed by atoms with Crippen molar-refractivity contribution in [2.45, 2.75) is 13.5 Å². The summed E-state index contributed by atoms with van der Waals surface area (Å²) in [5.41, 5.74) is 5.08. The first kappa shape index (κ1) is 21.1. The van der Waals surface area contributed by atoms with Crippen LogP contribution in [0.15, 0.2) is 61.4 Å². The van der Waals surface area contributed by atoms with E-state index in [2.05, 4.69) is 40.9 Å². The van der Waals surface area contributed by atoms with Crippen molar-refractivity contribution in [3.05, 3.63) is 78.3 Å². The van der Waals surface area contributed by atoms with Crippen LogP contribution in [0.1, 0.15) is 21.6 Å². The predicted octanol–water partition coefficient (Wildman–Crippen LogP) is 2.90. The molecule has 1 amide bonds. The van der Waals surface area contributed by atoms with Crippen LogP contribution >= 0.6 is 0 Å². The zero-order chi connectivity index (χ0) is 23.5. The highest BCUT2D eigenvalue weighted by molar-refractivity contribution is 5.97. The number of H-pyrrole nitrogens is 1. The number of benzene rings is 1. The lowest BCUT2D eigenvalue weighted by Gasteiger charge is -2.13. The van der Waals surface area contributed by atoms with Gasteiger partial charge in [0.2, 0.25) is 0 Å². The summed E-state index contributed by atoms with van der Waals surface area (Å²) in [4.78, 5) is 25.8. The second-order valence-electron chi connectivity index (χ2n) is 7.51. The molecule has 170 valence electrons. The number of aryl methyl sites for hydroxylation is 1. The van der Waals surface area contributed by atoms with E-state index in [-0.39, 0.29) is 5.91 Å². The average molecular weight is 455 g/mol. The molecule has 4 aromatic heterocycles. The molecule has 0 unspecified atom stereocenters. The summed E-state index contributed by atoms with van der Waals surface area (Å²) >= 11 is 0.